The quantitative estimate of drug-likeness (QED) is 0.712. The lowest BCUT2D eigenvalue weighted by Gasteiger charge is -2.08. The van der Waals surface area contributed by atoms with Crippen molar-refractivity contribution in [3.63, 3.8) is 0 Å². The van der Waals surface area contributed by atoms with Gasteiger partial charge in [0.2, 0.25) is 0 Å². The van der Waals surface area contributed by atoms with Crippen molar-refractivity contribution in [2.45, 2.75) is 26.2 Å². The fraction of sp³-hybridized carbons (Fsp3) is 0.353. The second kappa shape index (κ2) is 8.20. The zero-order valence-corrected chi connectivity index (χ0v) is 12.1. The third-order valence-electron chi connectivity index (χ3n) is 3.10. The molecule has 0 amide bonds. The van der Waals surface area contributed by atoms with Gasteiger partial charge < -0.3 is 10.6 Å². The molecule has 1 heterocycles. The minimum absolute atomic E-state index is 0.944. The average Bonchev–Trinajstić information content (AvgIpc) is 2.51. The Bertz CT molecular complexity index is 497. The second-order valence-electron chi connectivity index (χ2n) is 4.85. The number of hydrogen-bond donors (Lipinski definition) is 2. The highest BCUT2D eigenvalue weighted by atomic mass is 15.1. The van der Waals surface area contributed by atoms with Crippen molar-refractivity contribution in [3.8, 4) is 0 Å². The monoisotopic (exact) mass is 269 g/mol. The van der Waals surface area contributed by atoms with Crippen LogP contribution in [0, 0.1) is 0 Å². The minimum atomic E-state index is 0.944. The molecule has 1 aromatic heterocycles. The molecule has 2 aromatic rings. The van der Waals surface area contributed by atoms with Gasteiger partial charge in [-0.2, -0.15) is 0 Å². The molecule has 0 aliphatic carbocycles. The summed E-state index contributed by atoms with van der Waals surface area (Å²) in [6.07, 6.45) is 3.32. The Morgan fingerprint density at radius 2 is 1.55 bits per heavy atom. The van der Waals surface area contributed by atoms with E-state index < -0.39 is 0 Å². The molecule has 1 aromatic carbocycles. The Kier molecular flexibility index (Phi) is 5.90. The molecule has 0 saturated carbocycles. The summed E-state index contributed by atoms with van der Waals surface area (Å²) in [6, 6.07) is 16.6. The van der Waals surface area contributed by atoms with Gasteiger partial charge in [0, 0.05) is 13.1 Å². The second-order valence-corrected chi connectivity index (χ2v) is 4.85. The maximum Gasteiger partial charge on any atom is 0.128 e. The lowest BCUT2D eigenvalue weighted by molar-refractivity contribution is 0.858. The molecule has 2 rings (SSSR count). The molecule has 20 heavy (non-hydrogen) atoms. The molecular weight excluding hydrogens is 246 g/mol. The van der Waals surface area contributed by atoms with E-state index in [0.29, 0.717) is 0 Å². The molecule has 0 spiro atoms. The standard InChI is InChI=1S/C17H23N3/c1-2-13-18-16-11-6-12-17(20-16)19-14-7-10-15-8-4-3-5-9-15/h3-6,8-9,11-12H,2,7,10,13-14H2,1H3,(H2,18,19,20). The van der Waals surface area contributed by atoms with E-state index in [1.807, 2.05) is 18.2 Å². The summed E-state index contributed by atoms with van der Waals surface area (Å²) in [4.78, 5) is 4.53. The third kappa shape index (κ3) is 4.92. The van der Waals surface area contributed by atoms with Crippen LogP contribution in [0.25, 0.3) is 0 Å². The van der Waals surface area contributed by atoms with Crippen LogP contribution in [0.3, 0.4) is 0 Å². The Balaban J connectivity index is 1.73. The molecule has 3 heteroatoms. The van der Waals surface area contributed by atoms with Gasteiger partial charge in [0.15, 0.2) is 0 Å². The van der Waals surface area contributed by atoms with Crippen LogP contribution in [0.4, 0.5) is 11.6 Å². The molecule has 0 aliphatic heterocycles. The van der Waals surface area contributed by atoms with E-state index in [4.69, 9.17) is 0 Å². The van der Waals surface area contributed by atoms with Crippen molar-refractivity contribution in [1.29, 1.82) is 0 Å². The normalized spacial score (nSPS) is 10.2. The van der Waals surface area contributed by atoms with Crippen LogP contribution < -0.4 is 10.6 Å². The Morgan fingerprint density at radius 1 is 0.850 bits per heavy atom. The first-order chi connectivity index (χ1) is 9.88. The van der Waals surface area contributed by atoms with Gasteiger partial charge in [0.1, 0.15) is 11.6 Å². The highest BCUT2D eigenvalue weighted by Gasteiger charge is 1.97. The number of anilines is 2. The summed E-state index contributed by atoms with van der Waals surface area (Å²) in [5.74, 6) is 1.89. The first kappa shape index (κ1) is 14.4. The molecule has 3 nitrogen and oxygen atoms in total. The number of aromatic nitrogens is 1. The van der Waals surface area contributed by atoms with Gasteiger partial charge in [-0.15, -0.1) is 0 Å². The molecular formula is C17H23N3. The SMILES string of the molecule is CCCNc1cccc(NCCCc2ccccc2)n1. The summed E-state index contributed by atoms with van der Waals surface area (Å²) < 4.78 is 0. The highest BCUT2D eigenvalue weighted by Crippen LogP contribution is 2.09. The Hall–Kier alpha value is -2.03. The lowest BCUT2D eigenvalue weighted by Crippen LogP contribution is -2.07. The van der Waals surface area contributed by atoms with Gasteiger partial charge in [-0.25, -0.2) is 4.98 Å². The minimum Gasteiger partial charge on any atom is -0.370 e. The lowest BCUT2D eigenvalue weighted by atomic mass is 10.1. The summed E-state index contributed by atoms with van der Waals surface area (Å²) >= 11 is 0. The first-order valence-electron chi connectivity index (χ1n) is 7.37. The number of hydrogen-bond acceptors (Lipinski definition) is 3. The summed E-state index contributed by atoms with van der Waals surface area (Å²) in [7, 11) is 0. The smallest absolute Gasteiger partial charge is 0.128 e. The fourth-order valence-corrected chi connectivity index (χ4v) is 2.04. The van der Waals surface area contributed by atoms with Gasteiger partial charge in [-0.3, -0.25) is 0 Å². The van der Waals surface area contributed by atoms with Crippen LogP contribution in [0.5, 0.6) is 0 Å². The summed E-state index contributed by atoms with van der Waals surface area (Å²) in [5.41, 5.74) is 1.39. The van der Waals surface area contributed by atoms with Gasteiger partial charge in [-0.05, 0) is 37.0 Å². The maximum absolute atomic E-state index is 4.53. The summed E-state index contributed by atoms with van der Waals surface area (Å²) in [6.45, 7) is 4.06. The number of rotatable bonds is 8. The molecule has 0 aliphatic rings. The van der Waals surface area contributed by atoms with Gasteiger partial charge in [-0.1, -0.05) is 43.3 Å². The molecule has 0 unspecified atom stereocenters. The van der Waals surface area contributed by atoms with Gasteiger partial charge >= 0.3 is 0 Å². The largest absolute Gasteiger partial charge is 0.370 e. The van der Waals surface area contributed by atoms with E-state index in [1.165, 1.54) is 5.56 Å². The van der Waals surface area contributed by atoms with E-state index in [2.05, 4.69) is 52.9 Å². The number of nitrogens with one attached hydrogen (secondary N) is 2. The average molecular weight is 269 g/mol. The Morgan fingerprint density at radius 3 is 2.25 bits per heavy atom. The molecule has 0 fully saturated rings. The molecule has 0 saturated heterocycles. The van der Waals surface area contributed by atoms with Crippen molar-refractivity contribution in [2.75, 3.05) is 23.7 Å². The van der Waals surface area contributed by atoms with Crippen LogP contribution in [0.2, 0.25) is 0 Å². The highest BCUT2D eigenvalue weighted by molar-refractivity contribution is 5.44. The number of benzene rings is 1. The first-order valence-corrected chi connectivity index (χ1v) is 7.37. The van der Waals surface area contributed by atoms with Crippen molar-refractivity contribution in [2.24, 2.45) is 0 Å². The van der Waals surface area contributed by atoms with Crippen LogP contribution in [-0.2, 0) is 6.42 Å². The molecule has 0 atom stereocenters. The van der Waals surface area contributed by atoms with E-state index in [-0.39, 0.29) is 0 Å². The number of nitrogens with zero attached hydrogens (tertiary/aromatic N) is 1. The zero-order chi connectivity index (χ0) is 14.0. The van der Waals surface area contributed by atoms with Gasteiger partial charge in [0.25, 0.3) is 0 Å². The molecule has 0 bridgehead atoms. The van der Waals surface area contributed by atoms with Crippen molar-refractivity contribution in [1.82, 2.24) is 4.98 Å². The third-order valence-corrected chi connectivity index (χ3v) is 3.10. The van der Waals surface area contributed by atoms with E-state index in [0.717, 1.165) is 44.0 Å². The number of aryl methyl sites for hydroxylation is 1. The van der Waals surface area contributed by atoms with Crippen molar-refractivity contribution >= 4 is 11.6 Å². The van der Waals surface area contributed by atoms with Crippen LogP contribution in [0.15, 0.2) is 48.5 Å². The zero-order valence-electron chi connectivity index (χ0n) is 12.1. The number of pyridine rings is 1. The Labute approximate surface area is 121 Å². The topological polar surface area (TPSA) is 37.0 Å². The van der Waals surface area contributed by atoms with Crippen molar-refractivity contribution in [3.05, 3.63) is 54.1 Å². The van der Waals surface area contributed by atoms with Crippen molar-refractivity contribution < 1.29 is 0 Å². The maximum atomic E-state index is 4.53. The van der Waals surface area contributed by atoms with E-state index in [1.54, 1.807) is 0 Å². The van der Waals surface area contributed by atoms with Crippen LogP contribution in [0.1, 0.15) is 25.3 Å². The molecule has 0 radical (unpaired) electrons. The fourth-order valence-electron chi connectivity index (χ4n) is 2.04. The van der Waals surface area contributed by atoms with Crippen LogP contribution in [-0.4, -0.2) is 18.1 Å². The molecule has 106 valence electrons. The van der Waals surface area contributed by atoms with E-state index >= 15 is 0 Å². The molecule has 2 N–H and O–H groups in total. The van der Waals surface area contributed by atoms with Crippen LogP contribution >= 0.6 is 0 Å². The predicted molar refractivity (Wildman–Crippen MR) is 86.3 cm³/mol. The summed E-state index contributed by atoms with van der Waals surface area (Å²) in [5, 5.41) is 6.68. The van der Waals surface area contributed by atoms with Gasteiger partial charge in [0.05, 0.1) is 0 Å². The predicted octanol–water partition coefficient (Wildman–Crippen LogP) is 3.95. The van der Waals surface area contributed by atoms with E-state index in [9.17, 15) is 0 Å².